The maximum atomic E-state index is 5.69. The van der Waals surface area contributed by atoms with Crippen molar-refractivity contribution in [3.05, 3.63) is 42.0 Å². The first-order valence-corrected chi connectivity index (χ1v) is 3.55. The molecule has 58 valence electrons. The molecule has 0 atom stereocenters. The summed E-state index contributed by atoms with van der Waals surface area (Å²) in [5.41, 5.74) is 12.8. The topological polar surface area (TPSA) is 52.0 Å². The number of nitrogens with two attached hydrogens (primary N) is 2. The first-order chi connectivity index (χ1) is 5.34. The third kappa shape index (κ3) is 2.09. The number of hydrogen-bond donors (Lipinski definition) is 2. The number of hydrogen-bond acceptors (Lipinski definition) is 2. The summed E-state index contributed by atoms with van der Waals surface area (Å²) in [6.45, 7) is 0.487. The molecule has 0 bridgehead atoms. The Morgan fingerprint density at radius 2 is 1.91 bits per heavy atom. The van der Waals surface area contributed by atoms with Gasteiger partial charge in [-0.1, -0.05) is 30.3 Å². The van der Waals surface area contributed by atoms with Crippen molar-refractivity contribution in [2.75, 3.05) is 6.54 Å². The Bertz CT molecular complexity index is 239. The molecule has 1 aromatic rings. The molecular formula is C9H12N2. The predicted octanol–water partition coefficient (Wildman–Crippen LogP) is 0.945. The molecular weight excluding hydrogens is 136 g/mol. The number of benzene rings is 1. The Balaban J connectivity index is 2.85. The average molecular weight is 148 g/mol. The molecule has 2 heteroatoms. The highest BCUT2D eigenvalue weighted by Crippen LogP contribution is 2.06. The van der Waals surface area contributed by atoms with Crippen LogP contribution in [0, 0.1) is 0 Å². The molecule has 0 aliphatic heterocycles. The highest BCUT2D eigenvalue weighted by molar-refractivity contribution is 5.62. The molecule has 0 spiro atoms. The maximum absolute atomic E-state index is 5.69. The van der Waals surface area contributed by atoms with Crippen molar-refractivity contribution < 1.29 is 0 Å². The fourth-order valence-electron chi connectivity index (χ4n) is 0.875. The Morgan fingerprint density at radius 1 is 1.27 bits per heavy atom. The van der Waals surface area contributed by atoms with Gasteiger partial charge in [-0.05, 0) is 11.6 Å². The van der Waals surface area contributed by atoms with Gasteiger partial charge in [-0.2, -0.15) is 0 Å². The summed E-state index contributed by atoms with van der Waals surface area (Å²) in [5.74, 6) is 0. The zero-order valence-corrected chi connectivity index (χ0v) is 6.33. The second kappa shape index (κ2) is 3.78. The van der Waals surface area contributed by atoms with Crippen molar-refractivity contribution in [3.63, 3.8) is 0 Å². The lowest BCUT2D eigenvalue weighted by atomic mass is 10.1. The largest absolute Gasteiger partial charge is 0.398 e. The minimum atomic E-state index is 0.487. The van der Waals surface area contributed by atoms with Crippen molar-refractivity contribution in [3.8, 4) is 0 Å². The van der Waals surface area contributed by atoms with Crippen molar-refractivity contribution in [2.24, 2.45) is 11.5 Å². The van der Waals surface area contributed by atoms with E-state index in [-0.39, 0.29) is 0 Å². The van der Waals surface area contributed by atoms with Crippen LogP contribution >= 0.6 is 0 Å². The molecule has 0 radical (unpaired) electrons. The Morgan fingerprint density at radius 3 is 2.45 bits per heavy atom. The molecule has 0 aliphatic rings. The van der Waals surface area contributed by atoms with E-state index in [9.17, 15) is 0 Å². The SMILES string of the molecule is NC/C=C(\N)c1ccccc1. The van der Waals surface area contributed by atoms with E-state index in [1.165, 1.54) is 0 Å². The van der Waals surface area contributed by atoms with Crippen LogP contribution in [-0.4, -0.2) is 6.54 Å². The summed E-state index contributed by atoms with van der Waals surface area (Å²) in [7, 11) is 0. The zero-order chi connectivity index (χ0) is 8.10. The van der Waals surface area contributed by atoms with Crippen LogP contribution in [0.5, 0.6) is 0 Å². The molecule has 4 N–H and O–H groups in total. The Labute approximate surface area is 66.5 Å². The van der Waals surface area contributed by atoms with Gasteiger partial charge in [0.25, 0.3) is 0 Å². The fourth-order valence-corrected chi connectivity index (χ4v) is 0.875. The molecule has 0 heterocycles. The van der Waals surface area contributed by atoms with Gasteiger partial charge in [0.05, 0.1) is 0 Å². The number of rotatable bonds is 2. The van der Waals surface area contributed by atoms with Crippen LogP contribution in [0.25, 0.3) is 5.70 Å². The van der Waals surface area contributed by atoms with E-state index in [2.05, 4.69) is 0 Å². The zero-order valence-electron chi connectivity index (χ0n) is 6.33. The van der Waals surface area contributed by atoms with Gasteiger partial charge in [-0.15, -0.1) is 0 Å². The molecule has 0 saturated heterocycles. The van der Waals surface area contributed by atoms with E-state index in [0.717, 1.165) is 11.3 Å². The minimum absolute atomic E-state index is 0.487. The van der Waals surface area contributed by atoms with Crippen molar-refractivity contribution in [2.45, 2.75) is 0 Å². The smallest absolute Gasteiger partial charge is 0.0359 e. The predicted molar refractivity (Wildman–Crippen MR) is 47.7 cm³/mol. The van der Waals surface area contributed by atoms with Gasteiger partial charge in [0.2, 0.25) is 0 Å². The summed E-state index contributed by atoms with van der Waals surface area (Å²) in [4.78, 5) is 0. The van der Waals surface area contributed by atoms with E-state index in [0.29, 0.717) is 6.54 Å². The molecule has 2 nitrogen and oxygen atoms in total. The fraction of sp³-hybridized carbons (Fsp3) is 0.111. The quantitative estimate of drug-likeness (QED) is 0.656. The lowest BCUT2D eigenvalue weighted by molar-refractivity contribution is 1.25. The lowest BCUT2D eigenvalue weighted by Crippen LogP contribution is -2.01. The van der Waals surface area contributed by atoms with E-state index >= 15 is 0 Å². The highest BCUT2D eigenvalue weighted by Gasteiger charge is 1.91. The third-order valence-electron chi connectivity index (χ3n) is 1.44. The van der Waals surface area contributed by atoms with Crippen LogP contribution in [0.3, 0.4) is 0 Å². The van der Waals surface area contributed by atoms with Crippen molar-refractivity contribution in [1.29, 1.82) is 0 Å². The van der Waals surface area contributed by atoms with Crippen molar-refractivity contribution >= 4 is 5.70 Å². The molecule has 11 heavy (non-hydrogen) atoms. The molecule has 0 amide bonds. The van der Waals surface area contributed by atoms with Crippen LogP contribution in [0.2, 0.25) is 0 Å². The van der Waals surface area contributed by atoms with Gasteiger partial charge in [-0.25, -0.2) is 0 Å². The molecule has 0 fully saturated rings. The first-order valence-electron chi connectivity index (χ1n) is 3.55. The summed E-state index contributed by atoms with van der Waals surface area (Å²) in [5, 5.41) is 0. The first kappa shape index (κ1) is 7.82. The molecule has 0 saturated carbocycles. The van der Waals surface area contributed by atoms with Gasteiger partial charge in [0.15, 0.2) is 0 Å². The van der Waals surface area contributed by atoms with Crippen LogP contribution in [0.15, 0.2) is 36.4 Å². The minimum Gasteiger partial charge on any atom is -0.398 e. The normalized spacial score (nSPS) is 11.5. The monoisotopic (exact) mass is 148 g/mol. The van der Waals surface area contributed by atoms with Gasteiger partial charge in [0.1, 0.15) is 0 Å². The Hall–Kier alpha value is -1.28. The molecule has 1 rings (SSSR count). The maximum Gasteiger partial charge on any atom is 0.0359 e. The van der Waals surface area contributed by atoms with E-state index in [1.54, 1.807) is 6.08 Å². The van der Waals surface area contributed by atoms with Gasteiger partial charge in [0, 0.05) is 12.2 Å². The summed E-state index contributed by atoms with van der Waals surface area (Å²) >= 11 is 0. The standard InChI is InChI=1S/C9H12N2/c10-7-6-9(11)8-4-2-1-3-5-8/h1-6H,7,10-11H2/b9-6-. The van der Waals surface area contributed by atoms with Crippen LogP contribution < -0.4 is 11.5 Å². The van der Waals surface area contributed by atoms with E-state index < -0.39 is 0 Å². The summed E-state index contributed by atoms with van der Waals surface area (Å²) in [6.07, 6.45) is 1.80. The summed E-state index contributed by atoms with van der Waals surface area (Å²) in [6, 6.07) is 9.78. The van der Waals surface area contributed by atoms with Gasteiger partial charge in [-0.3, -0.25) is 0 Å². The van der Waals surface area contributed by atoms with Gasteiger partial charge < -0.3 is 11.5 Å². The Kier molecular flexibility index (Phi) is 2.69. The molecule has 0 aromatic heterocycles. The van der Waals surface area contributed by atoms with Gasteiger partial charge >= 0.3 is 0 Å². The second-order valence-corrected chi connectivity index (χ2v) is 2.26. The molecule has 0 aliphatic carbocycles. The van der Waals surface area contributed by atoms with Crippen LogP contribution in [0.1, 0.15) is 5.56 Å². The van der Waals surface area contributed by atoms with Crippen molar-refractivity contribution in [1.82, 2.24) is 0 Å². The second-order valence-electron chi connectivity index (χ2n) is 2.26. The van der Waals surface area contributed by atoms with E-state index in [1.807, 2.05) is 30.3 Å². The molecule has 0 unspecified atom stereocenters. The third-order valence-corrected chi connectivity index (χ3v) is 1.44. The molecule has 1 aromatic carbocycles. The van der Waals surface area contributed by atoms with Crippen LogP contribution in [-0.2, 0) is 0 Å². The summed E-state index contributed by atoms with van der Waals surface area (Å²) < 4.78 is 0. The van der Waals surface area contributed by atoms with Crippen LogP contribution in [0.4, 0.5) is 0 Å². The average Bonchev–Trinajstić information content (AvgIpc) is 2.07. The van der Waals surface area contributed by atoms with E-state index in [4.69, 9.17) is 11.5 Å². The lowest BCUT2D eigenvalue weighted by Gasteiger charge is -1.98. The highest BCUT2D eigenvalue weighted by atomic mass is 14.6.